The van der Waals surface area contributed by atoms with Crippen LogP contribution >= 0.6 is 15.9 Å². The number of nitrogens with zero attached hydrogens (tertiary/aromatic N) is 1. The second-order valence-electron chi connectivity index (χ2n) is 3.50. The molecule has 0 saturated heterocycles. The van der Waals surface area contributed by atoms with Gasteiger partial charge >= 0.3 is 0 Å². The molecule has 2 nitrogen and oxygen atoms in total. The maximum Gasteiger partial charge on any atom is 0.233 e. The molecule has 0 saturated carbocycles. The number of halogens is 2. The molecule has 17 heavy (non-hydrogen) atoms. The summed E-state index contributed by atoms with van der Waals surface area (Å²) in [5, 5.41) is 0. The summed E-state index contributed by atoms with van der Waals surface area (Å²) >= 11 is 3.35. The summed E-state index contributed by atoms with van der Waals surface area (Å²) in [5.41, 5.74) is 0.822. The lowest BCUT2D eigenvalue weighted by atomic mass is 10.1. The molecule has 88 valence electrons. The van der Waals surface area contributed by atoms with Crippen molar-refractivity contribution in [1.82, 2.24) is 4.98 Å². The second kappa shape index (κ2) is 5.27. The van der Waals surface area contributed by atoms with Crippen molar-refractivity contribution in [3.63, 3.8) is 0 Å². The van der Waals surface area contributed by atoms with Gasteiger partial charge in [-0.15, -0.1) is 0 Å². The van der Waals surface area contributed by atoms with Gasteiger partial charge in [-0.25, -0.2) is 9.37 Å². The van der Waals surface area contributed by atoms with Crippen molar-refractivity contribution in [2.75, 3.05) is 0 Å². The number of pyridine rings is 1. The quantitative estimate of drug-likeness (QED) is 0.840. The standard InChI is InChI=1S/C13H11BrFNO/c1-2-9-8-10(15)5-6-12(9)17-13-11(14)4-3-7-16-13/h3-8H,2H2,1H3. The molecular weight excluding hydrogens is 285 g/mol. The number of hydrogen-bond donors (Lipinski definition) is 0. The number of benzene rings is 1. The predicted octanol–water partition coefficient (Wildman–Crippen LogP) is 4.34. The smallest absolute Gasteiger partial charge is 0.233 e. The monoisotopic (exact) mass is 295 g/mol. The fraction of sp³-hybridized carbons (Fsp3) is 0.154. The fourth-order valence-corrected chi connectivity index (χ4v) is 1.81. The summed E-state index contributed by atoms with van der Waals surface area (Å²) in [6, 6.07) is 8.13. The van der Waals surface area contributed by atoms with Gasteiger partial charge in [0.1, 0.15) is 11.6 Å². The molecule has 0 fully saturated rings. The first-order valence-corrected chi connectivity index (χ1v) is 6.07. The summed E-state index contributed by atoms with van der Waals surface area (Å²) in [6.45, 7) is 1.95. The Hall–Kier alpha value is -1.42. The summed E-state index contributed by atoms with van der Waals surface area (Å²) in [5.74, 6) is 0.858. The van der Waals surface area contributed by atoms with Gasteiger partial charge < -0.3 is 4.74 Å². The minimum atomic E-state index is -0.255. The molecular formula is C13H11BrFNO. The third-order valence-electron chi connectivity index (χ3n) is 2.33. The van der Waals surface area contributed by atoms with Gasteiger partial charge in [-0.05, 0) is 58.2 Å². The Labute approximate surface area is 108 Å². The van der Waals surface area contributed by atoms with Crippen LogP contribution in [0.3, 0.4) is 0 Å². The third kappa shape index (κ3) is 2.82. The van der Waals surface area contributed by atoms with E-state index in [1.165, 1.54) is 12.1 Å². The van der Waals surface area contributed by atoms with Crippen LogP contribution < -0.4 is 4.74 Å². The van der Waals surface area contributed by atoms with E-state index in [4.69, 9.17) is 4.74 Å². The largest absolute Gasteiger partial charge is 0.438 e. The van der Waals surface area contributed by atoms with Crippen LogP contribution in [0.5, 0.6) is 11.6 Å². The molecule has 0 N–H and O–H groups in total. The molecule has 1 aromatic carbocycles. The van der Waals surface area contributed by atoms with Crippen molar-refractivity contribution in [2.45, 2.75) is 13.3 Å². The van der Waals surface area contributed by atoms with Gasteiger partial charge in [-0.1, -0.05) is 6.92 Å². The molecule has 0 aliphatic rings. The predicted molar refractivity (Wildman–Crippen MR) is 67.8 cm³/mol. The van der Waals surface area contributed by atoms with E-state index in [0.29, 0.717) is 18.1 Å². The molecule has 1 heterocycles. The van der Waals surface area contributed by atoms with Crippen LogP contribution in [-0.4, -0.2) is 4.98 Å². The maximum absolute atomic E-state index is 13.1. The van der Waals surface area contributed by atoms with Crippen LogP contribution in [0, 0.1) is 5.82 Å². The van der Waals surface area contributed by atoms with Crippen LogP contribution in [0.15, 0.2) is 41.0 Å². The summed E-state index contributed by atoms with van der Waals surface area (Å²) in [7, 11) is 0. The normalized spacial score (nSPS) is 10.3. The molecule has 4 heteroatoms. The maximum atomic E-state index is 13.1. The van der Waals surface area contributed by atoms with E-state index in [9.17, 15) is 4.39 Å². The molecule has 1 aromatic heterocycles. The summed E-state index contributed by atoms with van der Waals surface area (Å²) in [6.07, 6.45) is 2.35. The van der Waals surface area contributed by atoms with Crippen molar-refractivity contribution in [3.05, 3.63) is 52.4 Å². The highest BCUT2D eigenvalue weighted by molar-refractivity contribution is 9.10. The molecule has 0 aliphatic heterocycles. The first kappa shape index (κ1) is 12.0. The number of aromatic nitrogens is 1. The Morgan fingerprint density at radius 3 is 2.88 bits per heavy atom. The van der Waals surface area contributed by atoms with E-state index in [2.05, 4.69) is 20.9 Å². The van der Waals surface area contributed by atoms with Gasteiger partial charge in [-0.2, -0.15) is 0 Å². The van der Waals surface area contributed by atoms with Gasteiger partial charge in [0.2, 0.25) is 5.88 Å². The average Bonchev–Trinajstić information content (AvgIpc) is 2.34. The summed E-state index contributed by atoms with van der Waals surface area (Å²) in [4.78, 5) is 4.11. The topological polar surface area (TPSA) is 22.1 Å². The number of hydrogen-bond acceptors (Lipinski definition) is 2. The van der Waals surface area contributed by atoms with Crippen molar-refractivity contribution in [3.8, 4) is 11.6 Å². The van der Waals surface area contributed by atoms with E-state index in [1.807, 2.05) is 19.1 Å². The number of aryl methyl sites for hydroxylation is 1. The minimum Gasteiger partial charge on any atom is -0.438 e. The number of ether oxygens (including phenoxy) is 1. The highest BCUT2D eigenvalue weighted by atomic mass is 79.9. The molecule has 2 aromatic rings. The van der Waals surface area contributed by atoms with E-state index in [0.717, 1.165) is 10.0 Å². The lowest BCUT2D eigenvalue weighted by molar-refractivity contribution is 0.452. The van der Waals surface area contributed by atoms with Gasteiger partial charge in [0, 0.05) is 6.20 Å². The lowest BCUT2D eigenvalue weighted by Gasteiger charge is -2.10. The molecule has 0 atom stereocenters. The Morgan fingerprint density at radius 2 is 2.18 bits per heavy atom. The van der Waals surface area contributed by atoms with Crippen molar-refractivity contribution in [1.29, 1.82) is 0 Å². The lowest BCUT2D eigenvalue weighted by Crippen LogP contribution is -1.94. The fourth-order valence-electron chi connectivity index (χ4n) is 1.47. The van der Waals surface area contributed by atoms with Gasteiger partial charge in [0.25, 0.3) is 0 Å². The van der Waals surface area contributed by atoms with Crippen molar-refractivity contribution in [2.24, 2.45) is 0 Å². The zero-order valence-electron chi connectivity index (χ0n) is 9.28. The van der Waals surface area contributed by atoms with Crippen LogP contribution in [0.2, 0.25) is 0 Å². The molecule has 0 amide bonds. The first-order valence-electron chi connectivity index (χ1n) is 5.27. The van der Waals surface area contributed by atoms with Crippen LogP contribution in [-0.2, 0) is 6.42 Å². The molecule has 2 rings (SSSR count). The Bertz CT molecular complexity index is 531. The Kier molecular flexibility index (Phi) is 3.74. The average molecular weight is 296 g/mol. The third-order valence-corrected chi connectivity index (χ3v) is 2.94. The van der Waals surface area contributed by atoms with Crippen LogP contribution in [0.1, 0.15) is 12.5 Å². The molecule has 0 bridgehead atoms. The SMILES string of the molecule is CCc1cc(F)ccc1Oc1ncccc1Br. The van der Waals surface area contributed by atoms with Crippen molar-refractivity contribution < 1.29 is 9.13 Å². The highest BCUT2D eigenvalue weighted by Gasteiger charge is 2.08. The Balaban J connectivity index is 2.33. The van der Waals surface area contributed by atoms with E-state index in [-0.39, 0.29) is 5.82 Å². The molecule has 0 radical (unpaired) electrons. The second-order valence-corrected chi connectivity index (χ2v) is 4.35. The van der Waals surface area contributed by atoms with Gasteiger partial charge in [0.05, 0.1) is 4.47 Å². The molecule has 0 spiro atoms. The van der Waals surface area contributed by atoms with Crippen LogP contribution in [0.4, 0.5) is 4.39 Å². The zero-order valence-corrected chi connectivity index (χ0v) is 10.9. The van der Waals surface area contributed by atoms with E-state index < -0.39 is 0 Å². The van der Waals surface area contributed by atoms with Gasteiger partial charge in [-0.3, -0.25) is 0 Å². The highest BCUT2D eigenvalue weighted by Crippen LogP contribution is 2.29. The van der Waals surface area contributed by atoms with Crippen LogP contribution in [0.25, 0.3) is 0 Å². The zero-order chi connectivity index (χ0) is 12.3. The first-order chi connectivity index (χ1) is 8.20. The Morgan fingerprint density at radius 1 is 1.35 bits per heavy atom. The summed E-state index contributed by atoms with van der Waals surface area (Å²) < 4.78 is 19.5. The van der Waals surface area contributed by atoms with E-state index in [1.54, 1.807) is 12.3 Å². The van der Waals surface area contributed by atoms with E-state index >= 15 is 0 Å². The molecule has 0 unspecified atom stereocenters. The van der Waals surface area contributed by atoms with Gasteiger partial charge in [0.15, 0.2) is 0 Å². The molecule has 0 aliphatic carbocycles. The minimum absolute atomic E-state index is 0.255. The van der Waals surface area contributed by atoms with Crippen molar-refractivity contribution >= 4 is 15.9 Å². The number of rotatable bonds is 3.